The molecule has 0 aromatic heterocycles. The molecule has 1 atom stereocenters. The van der Waals surface area contributed by atoms with E-state index in [-0.39, 0.29) is 17.2 Å². The third-order valence-electron chi connectivity index (χ3n) is 4.08. The van der Waals surface area contributed by atoms with Gasteiger partial charge in [0.25, 0.3) is 10.0 Å². The second kappa shape index (κ2) is 5.90. The van der Waals surface area contributed by atoms with E-state index in [1.165, 1.54) is 27.4 Å². The molecule has 3 rings (SSSR count). The Morgan fingerprint density at radius 2 is 1.75 bits per heavy atom. The zero-order valence-electron chi connectivity index (χ0n) is 13.3. The molecular formula is C17H17FN2O3S. The first-order chi connectivity index (χ1) is 11.3. The van der Waals surface area contributed by atoms with Crippen LogP contribution in [0.1, 0.15) is 13.3 Å². The molecule has 0 aliphatic carbocycles. The summed E-state index contributed by atoms with van der Waals surface area (Å²) < 4.78 is 40.9. The van der Waals surface area contributed by atoms with Gasteiger partial charge in [0.2, 0.25) is 5.91 Å². The lowest BCUT2D eigenvalue weighted by Gasteiger charge is -2.29. The van der Waals surface area contributed by atoms with E-state index in [2.05, 4.69) is 0 Å². The van der Waals surface area contributed by atoms with E-state index in [1.54, 1.807) is 38.2 Å². The zero-order valence-corrected chi connectivity index (χ0v) is 14.1. The molecule has 0 N–H and O–H groups in total. The molecule has 7 heteroatoms. The third-order valence-corrected chi connectivity index (χ3v) is 6.00. The molecule has 2 aromatic rings. The fraction of sp³-hybridized carbons (Fsp3) is 0.235. The van der Waals surface area contributed by atoms with Crippen molar-refractivity contribution in [3.63, 3.8) is 0 Å². The smallest absolute Gasteiger partial charge is 0.264 e. The molecule has 0 saturated heterocycles. The quantitative estimate of drug-likeness (QED) is 0.838. The average molecular weight is 348 g/mol. The van der Waals surface area contributed by atoms with Gasteiger partial charge < -0.3 is 4.90 Å². The Morgan fingerprint density at radius 1 is 1.08 bits per heavy atom. The third kappa shape index (κ3) is 2.65. The van der Waals surface area contributed by atoms with Gasteiger partial charge in [0, 0.05) is 13.5 Å². The second-order valence-electron chi connectivity index (χ2n) is 5.75. The summed E-state index contributed by atoms with van der Waals surface area (Å²) in [6, 6.07) is 11.1. The van der Waals surface area contributed by atoms with Crippen LogP contribution in [0.2, 0.25) is 0 Å². The summed E-state index contributed by atoms with van der Waals surface area (Å²) >= 11 is 0. The van der Waals surface area contributed by atoms with Crippen molar-refractivity contribution < 1.29 is 17.6 Å². The van der Waals surface area contributed by atoms with Crippen molar-refractivity contribution in [2.24, 2.45) is 0 Å². The predicted octanol–water partition coefficient (Wildman–Crippen LogP) is 2.78. The van der Waals surface area contributed by atoms with Crippen molar-refractivity contribution in [3.8, 4) is 0 Å². The topological polar surface area (TPSA) is 57.7 Å². The first-order valence-electron chi connectivity index (χ1n) is 7.48. The minimum atomic E-state index is -4.00. The van der Waals surface area contributed by atoms with Gasteiger partial charge in [0.15, 0.2) is 0 Å². The highest BCUT2D eigenvalue weighted by Gasteiger charge is 2.36. The van der Waals surface area contributed by atoms with Crippen LogP contribution in [0.15, 0.2) is 53.4 Å². The van der Waals surface area contributed by atoms with E-state index >= 15 is 0 Å². The SMILES string of the molecule is C[C@H]1CC(=O)N(C)c2ccccc2N1S(=O)(=O)c1cccc(F)c1. The molecule has 0 radical (unpaired) electrons. The number of hydrogen-bond donors (Lipinski definition) is 0. The number of anilines is 2. The fourth-order valence-electron chi connectivity index (χ4n) is 2.89. The van der Waals surface area contributed by atoms with Crippen molar-refractivity contribution in [1.82, 2.24) is 0 Å². The maximum absolute atomic E-state index is 13.5. The number of sulfonamides is 1. The summed E-state index contributed by atoms with van der Waals surface area (Å²) in [6.45, 7) is 1.67. The average Bonchev–Trinajstić information content (AvgIpc) is 2.63. The molecule has 1 aliphatic rings. The van der Waals surface area contributed by atoms with Gasteiger partial charge in [-0.25, -0.2) is 12.8 Å². The molecule has 2 aromatic carbocycles. The van der Waals surface area contributed by atoms with Gasteiger partial charge in [-0.1, -0.05) is 18.2 Å². The number of carbonyl (C=O) groups excluding carboxylic acids is 1. The van der Waals surface area contributed by atoms with Gasteiger partial charge in [0.1, 0.15) is 5.82 Å². The molecule has 24 heavy (non-hydrogen) atoms. The number of fused-ring (bicyclic) bond motifs is 1. The largest absolute Gasteiger partial charge is 0.313 e. The Hall–Kier alpha value is -2.41. The lowest BCUT2D eigenvalue weighted by molar-refractivity contribution is -0.118. The number of nitrogens with zero attached hydrogens (tertiary/aromatic N) is 2. The normalized spacial score (nSPS) is 18.3. The van der Waals surface area contributed by atoms with Crippen LogP contribution in [0.5, 0.6) is 0 Å². The minimum absolute atomic E-state index is 0.0414. The summed E-state index contributed by atoms with van der Waals surface area (Å²) in [6.07, 6.45) is 0.0414. The van der Waals surface area contributed by atoms with Gasteiger partial charge in [-0.05, 0) is 37.3 Å². The second-order valence-corrected chi connectivity index (χ2v) is 7.57. The highest BCUT2D eigenvalue weighted by Crippen LogP contribution is 2.37. The van der Waals surface area contributed by atoms with E-state index in [4.69, 9.17) is 0 Å². The zero-order chi connectivity index (χ0) is 17.5. The summed E-state index contributed by atoms with van der Waals surface area (Å²) in [5, 5.41) is 0. The van der Waals surface area contributed by atoms with Gasteiger partial charge >= 0.3 is 0 Å². The molecule has 1 amide bonds. The maximum Gasteiger partial charge on any atom is 0.264 e. The number of amides is 1. The Kier molecular flexibility index (Phi) is 4.04. The number of benzene rings is 2. The molecule has 0 spiro atoms. The molecule has 0 saturated carbocycles. The molecule has 1 heterocycles. The van der Waals surface area contributed by atoms with Gasteiger partial charge in [-0.15, -0.1) is 0 Å². The summed E-state index contributed by atoms with van der Waals surface area (Å²) in [5.41, 5.74) is 0.912. The molecule has 0 unspecified atom stereocenters. The van der Waals surface area contributed by atoms with Crippen LogP contribution < -0.4 is 9.21 Å². The molecular weight excluding hydrogens is 331 g/mol. The van der Waals surface area contributed by atoms with Crippen molar-refractivity contribution >= 4 is 27.3 Å². The standard InChI is InChI=1S/C17H17FN2O3S/c1-12-10-17(21)19(2)15-8-3-4-9-16(15)20(12)24(22,23)14-7-5-6-13(18)11-14/h3-9,11-12H,10H2,1-2H3/t12-/m0/s1. The molecule has 5 nitrogen and oxygen atoms in total. The van der Waals surface area contributed by atoms with Crippen molar-refractivity contribution in [2.45, 2.75) is 24.3 Å². The van der Waals surface area contributed by atoms with Crippen LogP contribution in [0, 0.1) is 5.82 Å². The van der Waals surface area contributed by atoms with Crippen molar-refractivity contribution in [1.29, 1.82) is 0 Å². The van der Waals surface area contributed by atoms with Crippen LogP contribution in [-0.4, -0.2) is 27.4 Å². The van der Waals surface area contributed by atoms with E-state index in [1.807, 2.05) is 0 Å². The monoisotopic (exact) mass is 348 g/mol. The molecule has 0 fully saturated rings. The fourth-order valence-corrected chi connectivity index (χ4v) is 4.59. The maximum atomic E-state index is 13.5. The first kappa shape index (κ1) is 16.4. The lowest BCUT2D eigenvalue weighted by atomic mass is 10.2. The number of carbonyl (C=O) groups is 1. The first-order valence-corrected chi connectivity index (χ1v) is 8.92. The van der Waals surface area contributed by atoms with E-state index in [0.717, 1.165) is 6.07 Å². The Balaban J connectivity index is 2.22. The predicted molar refractivity (Wildman–Crippen MR) is 90.0 cm³/mol. The minimum Gasteiger partial charge on any atom is -0.313 e. The number of hydrogen-bond acceptors (Lipinski definition) is 3. The van der Waals surface area contributed by atoms with Crippen molar-refractivity contribution in [2.75, 3.05) is 16.3 Å². The summed E-state index contributed by atoms with van der Waals surface area (Å²) in [4.78, 5) is 13.6. The van der Waals surface area contributed by atoms with Gasteiger partial charge in [-0.2, -0.15) is 0 Å². The highest BCUT2D eigenvalue weighted by molar-refractivity contribution is 7.92. The van der Waals surface area contributed by atoms with Gasteiger partial charge in [0.05, 0.1) is 22.3 Å². The number of rotatable bonds is 2. The lowest BCUT2D eigenvalue weighted by Crippen LogP contribution is -2.39. The van der Waals surface area contributed by atoms with Crippen LogP contribution >= 0.6 is 0 Å². The van der Waals surface area contributed by atoms with E-state index in [0.29, 0.717) is 11.4 Å². The van der Waals surface area contributed by atoms with E-state index < -0.39 is 21.9 Å². The molecule has 1 aliphatic heterocycles. The Morgan fingerprint density at radius 3 is 2.42 bits per heavy atom. The van der Waals surface area contributed by atoms with Crippen LogP contribution in [-0.2, 0) is 14.8 Å². The molecule has 126 valence electrons. The molecule has 0 bridgehead atoms. The summed E-state index contributed by atoms with van der Waals surface area (Å²) in [7, 11) is -2.39. The Labute approximate surface area is 140 Å². The van der Waals surface area contributed by atoms with Crippen LogP contribution in [0.4, 0.5) is 15.8 Å². The highest BCUT2D eigenvalue weighted by atomic mass is 32.2. The number of halogens is 1. The van der Waals surface area contributed by atoms with Crippen LogP contribution in [0.3, 0.4) is 0 Å². The van der Waals surface area contributed by atoms with Gasteiger partial charge in [-0.3, -0.25) is 9.10 Å². The summed E-state index contributed by atoms with van der Waals surface area (Å²) in [5.74, 6) is -0.799. The number of para-hydroxylation sites is 2. The van der Waals surface area contributed by atoms with Crippen molar-refractivity contribution in [3.05, 3.63) is 54.3 Å². The Bertz CT molecular complexity index is 898. The van der Waals surface area contributed by atoms with Crippen LogP contribution in [0.25, 0.3) is 0 Å². The van der Waals surface area contributed by atoms with E-state index in [9.17, 15) is 17.6 Å².